The van der Waals surface area contributed by atoms with E-state index in [0.717, 1.165) is 69.9 Å². The number of nitrogens with one attached hydrogen (secondary N) is 1. The number of piperazine rings is 1. The van der Waals surface area contributed by atoms with Gasteiger partial charge in [-0.05, 0) is 57.1 Å². The van der Waals surface area contributed by atoms with E-state index in [1.807, 2.05) is 18.3 Å². The maximum Gasteiger partial charge on any atom is 0.194 e. The minimum absolute atomic E-state index is 0.212. The summed E-state index contributed by atoms with van der Waals surface area (Å²) in [5, 5.41) is 3.50. The van der Waals surface area contributed by atoms with Gasteiger partial charge in [0.05, 0.1) is 18.8 Å². The van der Waals surface area contributed by atoms with Crippen molar-refractivity contribution in [3.63, 3.8) is 0 Å². The Labute approximate surface area is 179 Å². The molecular weight excluding hydrogens is 376 g/mol. The van der Waals surface area contributed by atoms with E-state index in [1.165, 1.54) is 19.3 Å². The van der Waals surface area contributed by atoms with E-state index >= 15 is 0 Å². The predicted octanol–water partition coefficient (Wildman–Crippen LogP) is 2.99. The van der Waals surface area contributed by atoms with Gasteiger partial charge in [0.25, 0.3) is 0 Å². The molecule has 1 atom stereocenters. The lowest BCUT2D eigenvalue weighted by Crippen LogP contribution is -2.53. The van der Waals surface area contributed by atoms with Gasteiger partial charge in [0.15, 0.2) is 5.96 Å². The summed E-state index contributed by atoms with van der Waals surface area (Å²) in [4.78, 5) is 16.8. The number of anilines is 1. The average molecular weight is 411 g/mol. The van der Waals surface area contributed by atoms with Crippen molar-refractivity contribution in [3.05, 3.63) is 48.6 Å². The molecule has 162 valence electrons. The fraction of sp³-hybridized carbons (Fsp3) is 0.565. The molecule has 2 aliphatic rings. The molecule has 1 N–H and O–H groups in total. The molecule has 0 amide bonds. The summed E-state index contributed by atoms with van der Waals surface area (Å²) >= 11 is 0. The highest BCUT2D eigenvalue weighted by atomic mass is 16.3. The van der Waals surface area contributed by atoms with Crippen molar-refractivity contribution in [2.75, 3.05) is 57.3 Å². The lowest BCUT2D eigenvalue weighted by molar-refractivity contribution is 0.150. The fourth-order valence-corrected chi connectivity index (χ4v) is 4.38. The summed E-state index contributed by atoms with van der Waals surface area (Å²) in [5.74, 6) is 3.09. The fourth-order valence-electron chi connectivity index (χ4n) is 4.38. The van der Waals surface area contributed by atoms with Crippen LogP contribution in [0.25, 0.3) is 0 Å². The second-order valence-electron chi connectivity index (χ2n) is 7.98. The molecule has 7 heteroatoms. The number of piperidine rings is 1. The van der Waals surface area contributed by atoms with Crippen LogP contribution in [0.4, 0.5) is 5.82 Å². The van der Waals surface area contributed by atoms with Gasteiger partial charge in [0.2, 0.25) is 0 Å². The standard InChI is InChI=1S/C23H34N6O/c1-2-24-23(29-16-14-28(15-17-29)22-10-4-5-11-25-22)26-19-20(21-9-8-18-30-21)27-12-6-3-7-13-27/h4-5,8-11,18,20H,2-3,6-7,12-17,19H2,1H3,(H,24,26). The normalized spacial score (nSPS) is 19.7. The van der Waals surface area contributed by atoms with Crippen molar-refractivity contribution in [2.45, 2.75) is 32.2 Å². The van der Waals surface area contributed by atoms with Gasteiger partial charge in [0, 0.05) is 38.9 Å². The minimum atomic E-state index is 0.212. The Hall–Kier alpha value is -2.54. The molecule has 1 unspecified atom stereocenters. The maximum atomic E-state index is 5.79. The Morgan fingerprint density at radius 1 is 1.07 bits per heavy atom. The SMILES string of the molecule is CCNC(=NCC(c1ccco1)N1CCCCC1)N1CCN(c2ccccn2)CC1. The van der Waals surface area contributed by atoms with Crippen LogP contribution in [0.5, 0.6) is 0 Å². The van der Waals surface area contributed by atoms with Gasteiger partial charge >= 0.3 is 0 Å². The summed E-state index contributed by atoms with van der Waals surface area (Å²) in [5.41, 5.74) is 0. The van der Waals surface area contributed by atoms with Gasteiger partial charge in [0.1, 0.15) is 11.6 Å². The first-order valence-corrected chi connectivity index (χ1v) is 11.3. The quantitative estimate of drug-likeness (QED) is 0.584. The zero-order valence-electron chi connectivity index (χ0n) is 18.0. The minimum Gasteiger partial charge on any atom is -0.468 e. The van der Waals surface area contributed by atoms with E-state index in [4.69, 9.17) is 9.41 Å². The summed E-state index contributed by atoms with van der Waals surface area (Å²) in [7, 11) is 0. The molecule has 7 nitrogen and oxygen atoms in total. The average Bonchev–Trinajstić information content (AvgIpc) is 3.35. The number of hydrogen-bond donors (Lipinski definition) is 1. The van der Waals surface area contributed by atoms with Crippen molar-refractivity contribution in [1.29, 1.82) is 0 Å². The summed E-state index contributed by atoms with van der Waals surface area (Å²) < 4.78 is 5.79. The van der Waals surface area contributed by atoms with Gasteiger partial charge in [-0.15, -0.1) is 0 Å². The molecule has 0 aromatic carbocycles. The number of aromatic nitrogens is 1. The Balaban J connectivity index is 1.42. The molecule has 0 spiro atoms. The number of pyridine rings is 1. The molecule has 0 saturated carbocycles. The molecule has 0 aliphatic carbocycles. The van der Waals surface area contributed by atoms with Gasteiger partial charge in [-0.25, -0.2) is 4.98 Å². The second kappa shape index (κ2) is 10.5. The van der Waals surface area contributed by atoms with Crippen molar-refractivity contribution in [1.82, 2.24) is 20.1 Å². The first-order chi connectivity index (χ1) is 14.8. The van der Waals surface area contributed by atoms with Gasteiger partial charge < -0.3 is 19.5 Å². The van der Waals surface area contributed by atoms with Crippen LogP contribution in [0, 0.1) is 0 Å². The van der Waals surface area contributed by atoms with Crippen LogP contribution in [0.15, 0.2) is 52.2 Å². The van der Waals surface area contributed by atoms with Crippen LogP contribution in [0.2, 0.25) is 0 Å². The van der Waals surface area contributed by atoms with E-state index in [9.17, 15) is 0 Å². The van der Waals surface area contributed by atoms with Crippen molar-refractivity contribution >= 4 is 11.8 Å². The smallest absolute Gasteiger partial charge is 0.194 e. The number of hydrogen-bond acceptors (Lipinski definition) is 5. The Kier molecular flexibility index (Phi) is 7.24. The monoisotopic (exact) mass is 410 g/mol. The largest absolute Gasteiger partial charge is 0.468 e. The zero-order chi connectivity index (χ0) is 20.6. The van der Waals surface area contributed by atoms with E-state index < -0.39 is 0 Å². The molecule has 2 aromatic rings. The van der Waals surface area contributed by atoms with Crippen LogP contribution in [-0.4, -0.2) is 73.1 Å². The number of aliphatic imine (C=N–C) groups is 1. The third kappa shape index (κ3) is 5.14. The Morgan fingerprint density at radius 2 is 1.90 bits per heavy atom. The first-order valence-electron chi connectivity index (χ1n) is 11.3. The van der Waals surface area contributed by atoms with Crippen LogP contribution in [0.3, 0.4) is 0 Å². The van der Waals surface area contributed by atoms with Crippen LogP contribution >= 0.6 is 0 Å². The number of nitrogens with zero attached hydrogens (tertiary/aromatic N) is 5. The van der Waals surface area contributed by atoms with Crippen LogP contribution in [0.1, 0.15) is 38.0 Å². The molecule has 30 heavy (non-hydrogen) atoms. The topological polar surface area (TPSA) is 60.1 Å². The lowest BCUT2D eigenvalue weighted by Gasteiger charge is -2.37. The second-order valence-corrected chi connectivity index (χ2v) is 7.98. The molecular formula is C23H34N6O. The van der Waals surface area contributed by atoms with E-state index in [1.54, 1.807) is 6.26 Å². The van der Waals surface area contributed by atoms with Gasteiger partial charge in [-0.3, -0.25) is 9.89 Å². The molecule has 2 fully saturated rings. The van der Waals surface area contributed by atoms with E-state index in [2.05, 4.69) is 50.1 Å². The van der Waals surface area contributed by atoms with Crippen LogP contribution < -0.4 is 10.2 Å². The molecule has 2 aliphatic heterocycles. The third-order valence-electron chi connectivity index (χ3n) is 6.00. The predicted molar refractivity (Wildman–Crippen MR) is 121 cm³/mol. The van der Waals surface area contributed by atoms with E-state index in [0.29, 0.717) is 0 Å². The lowest BCUT2D eigenvalue weighted by atomic mass is 10.1. The summed E-state index contributed by atoms with van der Waals surface area (Å²) in [6.45, 7) is 9.76. The number of rotatable bonds is 6. The number of furan rings is 1. The maximum absolute atomic E-state index is 5.79. The van der Waals surface area contributed by atoms with Crippen LogP contribution in [-0.2, 0) is 0 Å². The van der Waals surface area contributed by atoms with Crippen molar-refractivity contribution < 1.29 is 4.42 Å². The van der Waals surface area contributed by atoms with Gasteiger partial charge in [-0.1, -0.05) is 12.5 Å². The highest BCUT2D eigenvalue weighted by Gasteiger charge is 2.25. The molecule has 2 saturated heterocycles. The molecule has 0 bridgehead atoms. The first kappa shape index (κ1) is 20.7. The third-order valence-corrected chi connectivity index (χ3v) is 6.00. The number of guanidine groups is 1. The molecule has 2 aromatic heterocycles. The summed E-state index contributed by atoms with van der Waals surface area (Å²) in [6, 6.07) is 10.4. The van der Waals surface area contributed by atoms with Crippen molar-refractivity contribution in [2.24, 2.45) is 4.99 Å². The highest BCUT2D eigenvalue weighted by Crippen LogP contribution is 2.25. The highest BCUT2D eigenvalue weighted by molar-refractivity contribution is 5.80. The zero-order valence-corrected chi connectivity index (χ0v) is 18.0. The van der Waals surface area contributed by atoms with Crippen molar-refractivity contribution in [3.8, 4) is 0 Å². The summed E-state index contributed by atoms with van der Waals surface area (Å²) in [6.07, 6.45) is 7.49. The molecule has 4 heterocycles. The van der Waals surface area contributed by atoms with E-state index in [-0.39, 0.29) is 6.04 Å². The van der Waals surface area contributed by atoms with Gasteiger partial charge in [-0.2, -0.15) is 0 Å². The Morgan fingerprint density at radius 3 is 2.57 bits per heavy atom. The number of likely N-dealkylation sites (tertiary alicyclic amines) is 1. The molecule has 4 rings (SSSR count). The molecule has 0 radical (unpaired) electrons. The Bertz CT molecular complexity index is 764.